The summed E-state index contributed by atoms with van der Waals surface area (Å²) in [6.45, 7) is 4.63. The van der Waals surface area contributed by atoms with Crippen LogP contribution in [-0.2, 0) is 5.41 Å². The first-order valence-electron chi connectivity index (χ1n) is 9.65. The van der Waals surface area contributed by atoms with Crippen molar-refractivity contribution in [2.45, 2.75) is 19.3 Å². The molecule has 0 saturated carbocycles. The molecule has 0 aliphatic heterocycles. The van der Waals surface area contributed by atoms with Crippen molar-refractivity contribution in [1.82, 2.24) is 0 Å². The molecule has 0 amide bonds. The molecule has 0 aromatic heterocycles. The summed E-state index contributed by atoms with van der Waals surface area (Å²) in [5, 5.41) is 0.763. The first-order valence-corrected chi connectivity index (χ1v) is 10.0. The SMILES string of the molecule is CC1(C)c2ccccc2-c2ccc(-c3cc(Cl)cc(-c4ccccc4)c3)cc21. The van der Waals surface area contributed by atoms with Crippen molar-refractivity contribution in [3.63, 3.8) is 0 Å². The van der Waals surface area contributed by atoms with Crippen LogP contribution in [0.1, 0.15) is 25.0 Å². The summed E-state index contributed by atoms with van der Waals surface area (Å²) < 4.78 is 0. The predicted octanol–water partition coefficient (Wildman–Crippen LogP) is 7.98. The number of benzene rings is 4. The fourth-order valence-corrected chi connectivity index (χ4v) is 4.67. The molecule has 0 spiro atoms. The van der Waals surface area contributed by atoms with Gasteiger partial charge in [-0.1, -0.05) is 92.2 Å². The highest BCUT2D eigenvalue weighted by atomic mass is 35.5. The molecule has 1 heteroatoms. The van der Waals surface area contributed by atoms with Gasteiger partial charge in [-0.25, -0.2) is 0 Å². The number of halogens is 1. The van der Waals surface area contributed by atoms with Crippen molar-refractivity contribution in [1.29, 1.82) is 0 Å². The Morgan fingerprint density at radius 3 is 1.96 bits per heavy atom. The molecule has 0 N–H and O–H groups in total. The Bertz CT molecular complexity index is 1190. The van der Waals surface area contributed by atoms with Gasteiger partial charge in [0.05, 0.1) is 0 Å². The van der Waals surface area contributed by atoms with E-state index in [9.17, 15) is 0 Å². The van der Waals surface area contributed by atoms with Crippen molar-refractivity contribution < 1.29 is 0 Å². The fourth-order valence-electron chi connectivity index (χ4n) is 4.44. The largest absolute Gasteiger partial charge is 0.0843 e. The lowest BCUT2D eigenvalue weighted by atomic mass is 9.81. The maximum atomic E-state index is 6.50. The quantitative estimate of drug-likeness (QED) is 0.330. The molecule has 0 heterocycles. The first kappa shape index (κ1) is 17.3. The average Bonchev–Trinajstić information content (AvgIpc) is 2.95. The van der Waals surface area contributed by atoms with Gasteiger partial charge in [0.25, 0.3) is 0 Å². The van der Waals surface area contributed by atoms with Gasteiger partial charge in [0.1, 0.15) is 0 Å². The molecular formula is C27H21Cl. The zero-order valence-electron chi connectivity index (χ0n) is 16.0. The highest BCUT2D eigenvalue weighted by Gasteiger charge is 2.35. The fraction of sp³-hybridized carbons (Fsp3) is 0.111. The van der Waals surface area contributed by atoms with Gasteiger partial charge in [0, 0.05) is 10.4 Å². The number of hydrogen-bond donors (Lipinski definition) is 0. The smallest absolute Gasteiger partial charge is 0.0418 e. The Kier molecular flexibility index (Phi) is 3.92. The standard InChI is InChI=1S/C27H21Cl/c1-27(2)25-11-7-6-10-23(25)24-13-12-19(17-26(24)27)21-14-20(15-22(28)16-21)18-8-4-3-5-9-18/h3-17H,1-2H3. The molecule has 0 atom stereocenters. The number of hydrogen-bond acceptors (Lipinski definition) is 0. The van der Waals surface area contributed by atoms with Crippen LogP contribution in [0.3, 0.4) is 0 Å². The molecule has 1 aliphatic carbocycles. The third-order valence-corrected chi connectivity index (χ3v) is 6.14. The molecule has 5 rings (SSSR count). The third kappa shape index (κ3) is 2.68. The van der Waals surface area contributed by atoms with E-state index in [2.05, 4.69) is 92.7 Å². The van der Waals surface area contributed by atoms with Crippen LogP contribution < -0.4 is 0 Å². The second-order valence-corrected chi connectivity index (χ2v) is 8.46. The summed E-state index contributed by atoms with van der Waals surface area (Å²) in [7, 11) is 0. The van der Waals surface area contributed by atoms with Crippen molar-refractivity contribution >= 4 is 11.6 Å². The highest BCUT2D eigenvalue weighted by molar-refractivity contribution is 6.31. The van der Waals surface area contributed by atoms with Crippen molar-refractivity contribution in [3.05, 3.63) is 107 Å². The van der Waals surface area contributed by atoms with Gasteiger partial charge < -0.3 is 0 Å². The first-order chi connectivity index (χ1) is 13.5. The highest BCUT2D eigenvalue weighted by Crippen LogP contribution is 2.49. The average molecular weight is 381 g/mol. The lowest BCUT2D eigenvalue weighted by Crippen LogP contribution is -2.14. The van der Waals surface area contributed by atoms with Gasteiger partial charge in [-0.05, 0) is 68.8 Å². The van der Waals surface area contributed by atoms with Crippen LogP contribution >= 0.6 is 11.6 Å². The van der Waals surface area contributed by atoms with Crippen molar-refractivity contribution in [2.24, 2.45) is 0 Å². The Morgan fingerprint density at radius 1 is 0.536 bits per heavy atom. The molecule has 0 saturated heterocycles. The summed E-state index contributed by atoms with van der Waals surface area (Å²) in [4.78, 5) is 0. The lowest BCUT2D eigenvalue weighted by molar-refractivity contribution is 0.660. The van der Waals surface area contributed by atoms with E-state index < -0.39 is 0 Å². The van der Waals surface area contributed by atoms with E-state index in [0.717, 1.165) is 16.1 Å². The molecular weight excluding hydrogens is 360 g/mol. The van der Waals surface area contributed by atoms with Gasteiger partial charge in [0.2, 0.25) is 0 Å². The molecule has 4 aromatic rings. The molecule has 1 aliphatic rings. The summed E-state index contributed by atoms with van der Waals surface area (Å²) in [5.74, 6) is 0. The van der Waals surface area contributed by atoms with E-state index in [1.54, 1.807) is 0 Å². The van der Waals surface area contributed by atoms with E-state index in [4.69, 9.17) is 11.6 Å². The third-order valence-electron chi connectivity index (χ3n) is 5.92. The van der Waals surface area contributed by atoms with E-state index >= 15 is 0 Å². The summed E-state index contributed by atoms with van der Waals surface area (Å²) in [6, 6.07) is 32.3. The van der Waals surface area contributed by atoms with E-state index in [1.165, 1.54) is 33.4 Å². The Balaban J connectivity index is 1.65. The normalized spacial score (nSPS) is 13.8. The van der Waals surface area contributed by atoms with Crippen LogP contribution in [0.15, 0.2) is 91.0 Å². The second kappa shape index (κ2) is 6.36. The monoisotopic (exact) mass is 380 g/mol. The molecule has 4 aromatic carbocycles. The van der Waals surface area contributed by atoms with Gasteiger partial charge in [-0.15, -0.1) is 0 Å². The van der Waals surface area contributed by atoms with Crippen LogP contribution in [0.5, 0.6) is 0 Å². The number of fused-ring (bicyclic) bond motifs is 3. The van der Waals surface area contributed by atoms with Gasteiger partial charge >= 0.3 is 0 Å². The summed E-state index contributed by atoms with van der Waals surface area (Å²) >= 11 is 6.50. The van der Waals surface area contributed by atoms with Gasteiger partial charge in [-0.2, -0.15) is 0 Å². The minimum absolute atomic E-state index is 0.00275. The molecule has 0 bridgehead atoms. The van der Waals surface area contributed by atoms with Crippen LogP contribution in [0, 0.1) is 0 Å². The van der Waals surface area contributed by atoms with E-state index in [0.29, 0.717) is 0 Å². The maximum absolute atomic E-state index is 6.50. The minimum Gasteiger partial charge on any atom is -0.0843 e. The minimum atomic E-state index is 0.00275. The van der Waals surface area contributed by atoms with Crippen molar-refractivity contribution in [2.75, 3.05) is 0 Å². The van der Waals surface area contributed by atoms with E-state index in [-0.39, 0.29) is 5.41 Å². The Labute approximate surface area is 171 Å². The lowest BCUT2D eigenvalue weighted by Gasteiger charge is -2.22. The number of rotatable bonds is 2. The molecule has 0 unspecified atom stereocenters. The molecule has 0 fully saturated rings. The molecule has 28 heavy (non-hydrogen) atoms. The zero-order chi connectivity index (χ0) is 19.3. The van der Waals surface area contributed by atoms with Gasteiger partial charge in [0.15, 0.2) is 0 Å². The van der Waals surface area contributed by atoms with Crippen molar-refractivity contribution in [3.8, 4) is 33.4 Å². The van der Waals surface area contributed by atoms with Crippen LogP contribution in [-0.4, -0.2) is 0 Å². The van der Waals surface area contributed by atoms with Crippen LogP contribution in [0.25, 0.3) is 33.4 Å². The topological polar surface area (TPSA) is 0 Å². The van der Waals surface area contributed by atoms with Crippen LogP contribution in [0.4, 0.5) is 0 Å². The maximum Gasteiger partial charge on any atom is 0.0418 e. The Hall–Kier alpha value is -2.83. The molecule has 0 nitrogen and oxygen atoms in total. The Morgan fingerprint density at radius 2 is 1.18 bits per heavy atom. The molecule has 0 radical (unpaired) electrons. The summed E-state index contributed by atoms with van der Waals surface area (Å²) in [5.41, 5.74) is 10.2. The van der Waals surface area contributed by atoms with Crippen LogP contribution in [0.2, 0.25) is 5.02 Å². The zero-order valence-corrected chi connectivity index (χ0v) is 16.8. The van der Waals surface area contributed by atoms with E-state index in [1.807, 2.05) is 12.1 Å². The summed E-state index contributed by atoms with van der Waals surface area (Å²) in [6.07, 6.45) is 0. The second-order valence-electron chi connectivity index (χ2n) is 8.03. The molecule has 136 valence electrons. The predicted molar refractivity (Wildman–Crippen MR) is 120 cm³/mol. The van der Waals surface area contributed by atoms with Gasteiger partial charge in [-0.3, -0.25) is 0 Å².